The van der Waals surface area contributed by atoms with E-state index in [-0.39, 0.29) is 22.7 Å². The zero-order valence-electron chi connectivity index (χ0n) is 14.5. The van der Waals surface area contributed by atoms with Crippen LogP contribution in [0.3, 0.4) is 0 Å². The van der Waals surface area contributed by atoms with Crippen LogP contribution in [0.1, 0.15) is 32.8 Å². The Morgan fingerprint density at radius 3 is 2.30 bits per heavy atom. The maximum atomic E-state index is 12.0. The highest BCUT2D eigenvalue weighted by atomic mass is 28.4. The summed E-state index contributed by atoms with van der Waals surface area (Å²) in [5.41, 5.74) is -1.21. The maximum absolute atomic E-state index is 12.0. The molecule has 1 atom stereocenters. The average molecular weight is 335 g/mol. The first kappa shape index (κ1) is 19.3. The molecule has 0 bridgehead atoms. The van der Waals surface area contributed by atoms with Gasteiger partial charge in [-0.25, -0.2) is 0 Å². The number of hydrogen-bond donors (Lipinski definition) is 0. The molecule has 0 aliphatic heterocycles. The molecule has 0 amide bonds. The van der Waals surface area contributed by atoms with Gasteiger partial charge in [0.25, 0.3) is 5.69 Å². The molecule has 1 rings (SSSR count). The van der Waals surface area contributed by atoms with Crippen molar-refractivity contribution < 1.29 is 14.1 Å². The Labute approximate surface area is 138 Å². The smallest absolute Gasteiger partial charge is 0.275 e. The van der Waals surface area contributed by atoms with E-state index in [0.29, 0.717) is 6.29 Å². The first-order valence-corrected chi connectivity index (χ1v) is 10.4. The second-order valence-electron chi connectivity index (χ2n) is 7.14. The molecule has 1 unspecified atom stereocenters. The second kappa shape index (κ2) is 6.76. The number of hydrogen-bond acceptors (Lipinski definition) is 4. The molecular formula is C17H25NO4Si. The molecule has 5 nitrogen and oxygen atoms in total. The molecule has 1 aromatic rings. The van der Waals surface area contributed by atoms with Crippen molar-refractivity contribution in [2.75, 3.05) is 0 Å². The predicted octanol–water partition coefficient (Wildman–Crippen LogP) is 4.59. The van der Waals surface area contributed by atoms with Crippen molar-refractivity contribution in [2.24, 2.45) is 0 Å². The molecule has 0 saturated heterocycles. The van der Waals surface area contributed by atoms with Crippen molar-refractivity contribution >= 4 is 20.3 Å². The molecule has 0 fully saturated rings. The van der Waals surface area contributed by atoms with Crippen LogP contribution in [0.5, 0.6) is 0 Å². The van der Waals surface area contributed by atoms with E-state index in [1.165, 1.54) is 6.07 Å². The molecule has 0 radical (unpaired) electrons. The zero-order valence-corrected chi connectivity index (χ0v) is 15.5. The molecule has 0 N–H and O–H groups in total. The van der Waals surface area contributed by atoms with E-state index in [0.717, 1.165) is 0 Å². The Morgan fingerprint density at radius 2 is 1.87 bits per heavy atom. The summed E-state index contributed by atoms with van der Waals surface area (Å²) in [6.45, 7) is 13.9. The van der Waals surface area contributed by atoms with Gasteiger partial charge in [-0.3, -0.25) is 14.9 Å². The third kappa shape index (κ3) is 3.94. The van der Waals surface area contributed by atoms with Crippen LogP contribution in [0.4, 0.5) is 5.69 Å². The summed E-state index contributed by atoms with van der Waals surface area (Å²) < 4.78 is 6.35. The maximum Gasteiger partial charge on any atom is 0.275 e. The fraction of sp³-hybridized carbons (Fsp3) is 0.471. The van der Waals surface area contributed by atoms with Crippen LogP contribution in [0.15, 0.2) is 36.9 Å². The molecule has 0 aliphatic carbocycles. The van der Waals surface area contributed by atoms with Gasteiger partial charge in [0.1, 0.15) is 5.60 Å². The first-order chi connectivity index (χ1) is 10.5. The van der Waals surface area contributed by atoms with Crippen molar-refractivity contribution in [2.45, 2.75) is 50.9 Å². The van der Waals surface area contributed by atoms with Crippen molar-refractivity contribution in [1.29, 1.82) is 0 Å². The minimum Gasteiger partial charge on any atom is -0.400 e. The van der Waals surface area contributed by atoms with Crippen LogP contribution >= 0.6 is 0 Å². The summed E-state index contributed by atoms with van der Waals surface area (Å²) in [5, 5.41) is 11.2. The highest BCUT2D eigenvalue weighted by molar-refractivity contribution is 6.74. The minimum absolute atomic E-state index is 0.111. The van der Waals surface area contributed by atoms with Gasteiger partial charge in [0, 0.05) is 12.5 Å². The van der Waals surface area contributed by atoms with E-state index in [1.807, 2.05) is 13.1 Å². The normalized spacial score (nSPS) is 14.8. The number of nitro benzene ring substituents is 1. The number of aldehydes is 1. The van der Waals surface area contributed by atoms with E-state index in [1.54, 1.807) is 24.3 Å². The number of rotatable bonds is 7. The summed E-state index contributed by atoms with van der Waals surface area (Å²) in [7, 11) is -2.34. The third-order valence-corrected chi connectivity index (χ3v) is 8.93. The molecular weight excluding hydrogens is 310 g/mol. The van der Waals surface area contributed by atoms with Gasteiger partial charge >= 0.3 is 0 Å². The fourth-order valence-corrected chi connectivity index (χ4v) is 3.61. The van der Waals surface area contributed by atoms with Crippen molar-refractivity contribution in [1.82, 2.24) is 0 Å². The van der Waals surface area contributed by atoms with Crippen LogP contribution in [-0.4, -0.2) is 19.5 Å². The average Bonchev–Trinajstić information content (AvgIpc) is 2.45. The Balaban J connectivity index is 3.54. The number of benzene rings is 1. The lowest BCUT2D eigenvalue weighted by atomic mass is 9.90. The summed E-state index contributed by atoms with van der Waals surface area (Å²) in [4.78, 5) is 22.9. The standard InChI is InChI=1S/C17H25NO4Si/c1-7-12-17(13-19,22-23(5,6)16(2,3)4)14-10-8-9-11-15(14)18(20)21/h7-11,13H,1,12H2,2-6H3. The highest BCUT2D eigenvalue weighted by Gasteiger charge is 2.47. The summed E-state index contributed by atoms with van der Waals surface area (Å²) in [6, 6.07) is 6.24. The Morgan fingerprint density at radius 1 is 1.30 bits per heavy atom. The van der Waals surface area contributed by atoms with E-state index < -0.39 is 18.8 Å². The molecule has 126 valence electrons. The quantitative estimate of drug-likeness (QED) is 0.240. The lowest BCUT2D eigenvalue weighted by molar-refractivity contribution is -0.386. The third-order valence-electron chi connectivity index (χ3n) is 4.44. The van der Waals surface area contributed by atoms with E-state index >= 15 is 0 Å². The number of nitrogens with zero attached hydrogens (tertiary/aromatic N) is 1. The monoisotopic (exact) mass is 335 g/mol. The molecule has 0 heterocycles. The zero-order chi connectivity index (χ0) is 17.9. The molecule has 0 spiro atoms. The van der Waals surface area contributed by atoms with Crippen LogP contribution in [0, 0.1) is 10.1 Å². The van der Waals surface area contributed by atoms with Crippen LogP contribution < -0.4 is 0 Å². The van der Waals surface area contributed by atoms with Crippen molar-refractivity contribution in [3.63, 3.8) is 0 Å². The van der Waals surface area contributed by atoms with Gasteiger partial charge in [-0.05, 0) is 24.2 Å². The molecule has 1 aromatic carbocycles. The summed E-state index contributed by atoms with van der Waals surface area (Å²) in [6.07, 6.45) is 2.43. The van der Waals surface area contributed by atoms with Crippen LogP contribution in [0.25, 0.3) is 0 Å². The number of carbonyl (C=O) groups excluding carboxylic acids is 1. The summed E-state index contributed by atoms with van der Waals surface area (Å²) >= 11 is 0. The van der Waals surface area contributed by atoms with E-state index in [2.05, 4.69) is 27.4 Å². The number of nitro groups is 1. The lowest BCUT2D eigenvalue weighted by Crippen LogP contribution is -2.49. The molecule has 0 saturated carbocycles. The topological polar surface area (TPSA) is 69.4 Å². The Bertz CT molecular complexity index is 607. The molecule has 6 heteroatoms. The minimum atomic E-state index is -2.34. The van der Waals surface area contributed by atoms with Crippen LogP contribution in [-0.2, 0) is 14.8 Å². The highest BCUT2D eigenvalue weighted by Crippen LogP contribution is 2.44. The van der Waals surface area contributed by atoms with E-state index in [9.17, 15) is 14.9 Å². The van der Waals surface area contributed by atoms with Gasteiger partial charge < -0.3 is 4.43 Å². The SMILES string of the molecule is C=CCC(C=O)(O[Si](C)(C)C(C)(C)C)c1ccccc1[N+](=O)[O-]. The van der Waals surface area contributed by atoms with E-state index in [4.69, 9.17) is 4.43 Å². The second-order valence-corrected chi connectivity index (χ2v) is 11.9. The fourth-order valence-electron chi connectivity index (χ4n) is 2.16. The number of para-hydroxylation sites is 1. The van der Waals surface area contributed by atoms with Gasteiger partial charge in [0.2, 0.25) is 0 Å². The van der Waals surface area contributed by atoms with Gasteiger partial charge in [0.05, 0.1) is 10.5 Å². The van der Waals surface area contributed by atoms with Gasteiger partial charge in [-0.1, -0.05) is 39.0 Å². The lowest BCUT2D eigenvalue weighted by Gasteiger charge is -2.43. The largest absolute Gasteiger partial charge is 0.400 e. The summed E-state index contributed by atoms with van der Waals surface area (Å²) in [5.74, 6) is 0. The molecule has 0 aliphatic rings. The van der Waals surface area contributed by atoms with Crippen molar-refractivity contribution in [3.8, 4) is 0 Å². The van der Waals surface area contributed by atoms with Gasteiger partial charge in [-0.2, -0.15) is 0 Å². The molecule has 0 aromatic heterocycles. The Hall–Kier alpha value is -1.79. The van der Waals surface area contributed by atoms with Gasteiger partial charge in [-0.15, -0.1) is 6.58 Å². The first-order valence-electron chi connectivity index (χ1n) is 7.52. The van der Waals surface area contributed by atoms with Crippen molar-refractivity contribution in [3.05, 3.63) is 52.6 Å². The van der Waals surface area contributed by atoms with Crippen LogP contribution in [0.2, 0.25) is 18.1 Å². The Kier molecular flexibility index (Phi) is 5.66. The number of carbonyl (C=O) groups is 1. The molecule has 23 heavy (non-hydrogen) atoms. The predicted molar refractivity (Wildman–Crippen MR) is 93.9 cm³/mol. The van der Waals surface area contributed by atoms with Gasteiger partial charge in [0.15, 0.2) is 14.6 Å².